The van der Waals surface area contributed by atoms with Crippen molar-refractivity contribution in [2.45, 2.75) is 4.90 Å². The second kappa shape index (κ2) is 4.38. The zero-order valence-electron chi connectivity index (χ0n) is 8.51. The number of halogens is 1. The molecule has 0 amide bonds. The summed E-state index contributed by atoms with van der Waals surface area (Å²) in [5, 5.41) is 6.15. The molecular formula is C9H9BrN4O2S. The molecule has 0 aliphatic heterocycles. The molecule has 4 N–H and O–H groups in total. The summed E-state index contributed by atoms with van der Waals surface area (Å²) in [5.74, 6) is 0.285. The number of nitrogens with one attached hydrogen (secondary N) is 2. The number of nitrogen functional groups attached to an aromatic ring is 1. The molecule has 1 aromatic heterocycles. The van der Waals surface area contributed by atoms with Crippen molar-refractivity contribution in [3.05, 3.63) is 34.9 Å². The van der Waals surface area contributed by atoms with Crippen LogP contribution in [0, 0.1) is 0 Å². The maximum atomic E-state index is 12.0. The van der Waals surface area contributed by atoms with Gasteiger partial charge in [0.25, 0.3) is 10.0 Å². The largest absolute Gasteiger partial charge is 0.398 e. The second-order valence-electron chi connectivity index (χ2n) is 3.26. The van der Waals surface area contributed by atoms with Crippen LogP contribution in [0.3, 0.4) is 0 Å². The van der Waals surface area contributed by atoms with E-state index >= 15 is 0 Å². The zero-order chi connectivity index (χ0) is 12.5. The van der Waals surface area contributed by atoms with E-state index in [2.05, 4.69) is 30.8 Å². The van der Waals surface area contributed by atoms with Gasteiger partial charge in [-0.1, -0.05) is 15.9 Å². The van der Waals surface area contributed by atoms with Crippen molar-refractivity contribution >= 4 is 37.5 Å². The number of aromatic amines is 1. The summed E-state index contributed by atoms with van der Waals surface area (Å²) >= 11 is 3.21. The Kier molecular flexibility index (Phi) is 3.07. The molecule has 1 heterocycles. The van der Waals surface area contributed by atoms with Crippen molar-refractivity contribution in [2.24, 2.45) is 0 Å². The summed E-state index contributed by atoms with van der Waals surface area (Å²) in [6, 6.07) is 6.07. The van der Waals surface area contributed by atoms with Gasteiger partial charge in [0.05, 0.1) is 11.9 Å². The Hall–Kier alpha value is -1.54. The molecule has 0 spiro atoms. The Labute approximate surface area is 106 Å². The number of anilines is 2. The first kappa shape index (κ1) is 11.9. The van der Waals surface area contributed by atoms with Gasteiger partial charge >= 0.3 is 0 Å². The monoisotopic (exact) mass is 316 g/mol. The first-order valence-electron chi connectivity index (χ1n) is 4.56. The number of rotatable bonds is 3. The maximum Gasteiger partial charge on any atom is 0.265 e. The molecule has 8 heteroatoms. The number of H-pyrrole nitrogens is 1. The van der Waals surface area contributed by atoms with Crippen molar-refractivity contribution in [2.75, 3.05) is 10.5 Å². The van der Waals surface area contributed by atoms with E-state index in [4.69, 9.17) is 5.73 Å². The molecule has 0 aliphatic rings. The van der Waals surface area contributed by atoms with E-state index in [9.17, 15) is 8.42 Å². The van der Waals surface area contributed by atoms with Crippen molar-refractivity contribution in [1.82, 2.24) is 10.2 Å². The van der Waals surface area contributed by atoms with Gasteiger partial charge < -0.3 is 5.73 Å². The van der Waals surface area contributed by atoms with Crippen LogP contribution in [0.4, 0.5) is 11.5 Å². The minimum absolute atomic E-state index is 0.0234. The normalized spacial score (nSPS) is 11.4. The van der Waals surface area contributed by atoms with Crippen LogP contribution >= 0.6 is 15.9 Å². The molecule has 2 aromatic rings. The lowest BCUT2D eigenvalue weighted by Crippen LogP contribution is -2.15. The molecule has 0 bridgehead atoms. The summed E-state index contributed by atoms with van der Waals surface area (Å²) in [5.41, 5.74) is 5.83. The molecule has 2 rings (SSSR count). The molecule has 0 saturated carbocycles. The van der Waals surface area contributed by atoms with E-state index in [0.29, 0.717) is 0 Å². The van der Waals surface area contributed by atoms with E-state index in [0.717, 1.165) is 4.47 Å². The van der Waals surface area contributed by atoms with Crippen molar-refractivity contribution in [3.8, 4) is 0 Å². The Bertz CT molecular complexity index is 624. The molecular weight excluding hydrogens is 308 g/mol. The smallest absolute Gasteiger partial charge is 0.265 e. The van der Waals surface area contributed by atoms with E-state index in [1.807, 2.05) is 0 Å². The Morgan fingerprint density at radius 2 is 2.12 bits per heavy atom. The number of aromatic nitrogens is 2. The first-order valence-corrected chi connectivity index (χ1v) is 6.84. The Morgan fingerprint density at radius 3 is 2.71 bits per heavy atom. The molecule has 1 aromatic carbocycles. The minimum atomic E-state index is -3.70. The number of hydrogen-bond donors (Lipinski definition) is 3. The van der Waals surface area contributed by atoms with Gasteiger partial charge in [-0.3, -0.25) is 9.82 Å². The lowest BCUT2D eigenvalue weighted by atomic mass is 10.3. The van der Waals surface area contributed by atoms with Gasteiger partial charge in [-0.2, -0.15) is 5.10 Å². The van der Waals surface area contributed by atoms with Crippen molar-refractivity contribution in [3.63, 3.8) is 0 Å². The highest BCUT2D eigenvalue weighted by molar-refractivity contribution is 9.10. The lowest BCUT2D eigenvalue weighted by molar-refractivity contribution is 0.601. The molecule has 6 nitrogen and oxygen atoms in total. The highest BCUT2D eigenvalue weighted by Crippen LogP contribution is 2.24. The SMILES string of the molecule is Nc1cc(Br)ccc1S(=O)(=O)Nc1ccn[nH]1. The van der Waals surface area contributed by atoms with Crippen molar-refractivity contribution in [1.29, 1.82) is 0 Å². The topological polar surface area (TPSA) is 101 Å². The summed E-state index contributed by atoms with van der Waals surface area (Å²) < 4.78 is 27.0. The molecule has 17 heavy (non-hydrogen) atoms. The molecule has 0 fully saturated rings. The minimum Gasteiger partial charge on any atom is -0.398 e. The zero-order valence-corrected chi connectivity index (χ0v) is 10.9. The standard InChI is InChI=1S/C9H9BrN4O2S/c10-6-1-2-8(7(11)5-6)17(15,16)14-9-3-4-12-13-9/h1-5H,11H2,(H2,12,13,14). The van der Waals surface area contributed by atoms with Crippen LogP contribution in [0.2, 0.25) is 0 Å². The van der Waals surface area contributed by atoms with Crippen molar-refractivity contribution < 1.29 is 8.42 Å². The van der Waals surface area contributed by atoms with Crippen LogP contribution in [0.15, 0.2) is 39.8 Å². The van der Waals surface area contributed by atoms with Crippen LogP contribution in [-0.4, -0.2) is 18.6 Å². The highest BCUT2D eigenvalue weighted by atomic mass is 79.9. The lowest BCUT2D eigenvalue weighted by Gasteiger charge is -2.08. The number of hydrogen-bond acceptors (Lipinski definition) is 4. The molecule has 0 radical (unpaired) electrons. The third-order valence-corrected chi connectivity index (χ3v) is 3.94. The first-order chi connectivity index (χ1) is 7.99. The summed E-state index contributed by atoms with van der Waals surface area (Å²) in [6.07, 6.45) is 1.45. The van der Waals surface area contributed by atoms with E-state index in [1.165, 1.54) is 24.4 Å². The van der Waals surface area contributed by atoms with E-state index < -0.39 is 10.0 Å². The molecule has 90 valence electrons. The molecule has 0 saturated heterocycles. The summed E-state index contributed by atoms with van der Waals surface area (Å²) in [6.45, 7) is 0. The van der Waals surface area contributed by atoms with Gasteiger partial charge in [0.15, 0.2) is 0 Å². The number of nitrogens with two attached hydrogens (primary N) is 1. The van der Waals surface area contributed by atoms with Gasteiger partial charge in [-0.25, -0.2) is 8.42 Å². The summed E-state index contributed by atoms with van der Waals surface area (Å²) in [7, 11) is -3.70. The maximum absolute atomic E-state index is 12.0. The predicted molar refractivity (Wildman–Crippen MR) is 68.0 cm³/mol. The van der Waals surface area contributed by atoms with Gasteiger partial charge in [0, 0.05) is 10.5 Å². The van der Waals surface area contributed by atoms with Crippen LogP contribution in [0.5, 0.6) is 0 Å². The predicted octanol–water partition coefficient (Wildman–Crippen LogP) is 1.56. The molecule has 0 unspecified atom stereocenters. The third kappa shape index (κ3) is 2.59. The van der Waals surface area contributed by atoms with Gasteiger partial charge in [0.1, 0.15) is 10.7 Å². The fraction of sp³-hybridized carbons (Fsp3) is 0. The van der Waals surface area contributed by atoms with Crippen LogP contribution in [0.1, 0.15) is 0 Å². The number of benzene rings is 1. The Morgan fingerprint density at radius 1 is 1.35 bits per heavy atom. The average molecular weight is 317 g/mol. The average Bonchev–Trinajstić information content (AvgIpc) is 2.68. The summed E-state index contributed by atoms with van der Waals surface area (Å²) in [4.78, 5) is 0.0234. The van der Waals surface area contributed by atoms with Gasteiger partial charge in [0.2, 0.25) is 0 Å². The highest BCUT2D eigenvalue weighted by Gasteiger charge is 2.17. The second-order valence-corrected chi connectivity index (χ2v) is 5.82. The Balaban J connectivity index is 2.38. The fourth-order valence-corrected chi connectivity index (χ4v) is 2.78. The molecule has 0 aliphatic carbocycles. The fourth-order valence-electron chi connectivity index (χ4n) is 1.28. The van der Waals surface area contributed by atoms with Gasteiger partial charge in [-0.15, -0.1) is 0 Å². The number of sulfonamides is 1. The number of nitrogens with zero attached hydrogens (tertiary/aromatic N) is 1. The van der Waals surface area contributed by atoms with Crippen LogP contribution < -0.4 is 10.5 Å². The third-order valence-electron chi connectivity index (χ3n) is 2.01. The van der Waals surface area contributed by atoms with E-state index in [-0.39, 0.29) is 16.4 Å². The van der Waals surface area contributed by atoms with Gasteiger partial charge in [-0.05, 0) is 18.2 Å². The van der Waals surface area contributed by atoms with Crippen LogP contribution in [0.25, 0.3) is 0 Å². The quantitative estimate of drug-likeness (QED) is 0.748. The van der Waals surface area contributed by atoms with E-state index in [1.54, 1.807) is 6.07 Å². The van der Waals surface area contributed by atoms with Crippen LogP contribution in [-0.2, 0) is 10.0 Å². The molecule has 0 atom stereocenters.